The molecule has 0 unspecified atom stereocenters. The Bertz CT molecular complexity index is 923. The molecule has 4 rings (SSSR count). The summed E-state index contributed by atoms with van der Waals surface area (Å²) in [6.45, 7) is 9.80. The van der Waals surface area contributed by atoms with E-state index in [2.05, 4.69) is 28.4 Å². The van der Waals surface area contributed by atoms with E-state index in [0.29, 0.717) is 18.2 Å². The predicted molar refractivity (Wildman–Crippen MR) is 123 cm³/mol. The van der Waals surface area contributed by atoms with Gasteiger partial charge in [0.05, 0.1) is 0 Å². The molecule has 2 saturated heterocycles. The Kier molecular flexibility index (Phi) is 6.73. The van der Waals surface area contributed by atoms with Crippen LogP contribution in [0.3, 0.4) is 0 Å². The molecule has 0 bridgehead atoms. The van der Waals surface area contributed by atoms with E-state index < -0.39 is 0 Å². The van der Waals surface area contributed by atoms with Gasteiger partial charge in [0.2, 0.25) is 5.91 Å². The van der Waals surface area contributed by atoms with Gasteiger partial charge in [-0.2, -0.15) is 0 Å². The molecule has 0 radical (unpaired) electrons. The number of nitrogens with zero attached hydrogens (tertiary/aromatic N) is 4. The molecule has 2 aliphatic heterocycles. The number of hydrogen-bond acceptors (Lipinski definition) is 4. The third-order valence-corrected chi connectivity index (χ3v) is 6.64. The molecule has 0 saturated carbocycles. The largest absolute Gasteiger partial charge is 0.361 e. The number of amides is 2. The third-order valence-electron chi connectivity index (χ3n) is 6.64. The summed E-state index contributed by atoms with van der Waals surface area (Å²) in [5, 5.41) is 1.06. The van der Waals surface area contributed by atoms with E-state index in [1.54, 1.807) is 11.0 Å². The van der Waals surface area contributed by atoms with Crippen molar-refractivity contribution >= 4 is 22.7 Å². The minimum Gasteiger partial charge on any atom is -0.361 e. The van der Waals surface area contributed by atoms with Crippen molar-refractivity contribution in [1.29, 1.82) is 0 Å². The molecule has 31 heavy (non-hydrogen) atoms. The van der Waals surface area contributed by atoms with Crippen molar-refractivity contribution in [3.63, 3.8) is 0 Å². The molecule has 1 aromatic heterocycles. The topological polar surface area (TPSA) is 62.9 Å². The number of nitrogens with one attached hydrogen (secondary N) is 1. The number of carbonyl (C=O) groups is 2. The molecule has 0 aliphatic carbocycles. The van der Waals surface area contributed by atoms with Crippen LogP contribution in [0.25, 0.3) is 10.9 Å². The smallest absolute Gasteiger partial charge is 0.254 e. The van der Waals surface area contributed by atoms with E-state index >= 15 is 0 Å². The Morgan fingerprint density at radius 3 is 2.58 bits per heavy atom. The zero-order valence-corrected chi connectivity index (χ0v) is 18.4. The zero-order valence-electron chi connectivity index (χ0n) is 18.4. The average molecular weight is 424 g/mol. The summed E-state index contributed by atoms with van der Waals surface area (Å²) >= 11 is 0. The van der Waals surface area contributed by atoms with Gasteiger partial charge in [0, 0.05) is 56.0 Å². The van der Waals surface area contributed by atoms with E-state index in [4.69, 9.17) is 0 Å². The maximum absolute atomic E-state index is 13.1. The van der Waals surface area contributed by atoms with Gasteiger partial charge in [-0.1, -0.05) is 12.1 Å². The zero-order chi connectivity index (χ0) is 21.8. The molecular weight excluding hydrogens is 390 g/mol. The second kappa shape index (κ2) is 9.66. The molecule has 3 heterocycles. The van der Waals surface area contributed by atoms with Crippen molar-refractivity contribution in [2.24, 2.45) is 0 Å². The van der Waals surface area contributed by atoms with Crippen LogP contribution in [0.15, 0.2) is 43.1 Å². The summed E-state index contributed by atoms with van der Waals surface area (Å²) in [6, 6.07) is 8.20. The van der Waals surface area contributed by atoms with E-state index in [1.165, 1.54) is 12.8 Å². The SMILES string of the molecule is C=CCN(CC(=O)N1CCN(C2CCN(C)CC2)CC1)C(=O)c1ccc2cc[nH]c2c1. The van der Waals surface area contributed by atoms with Gasteiger partial charge >= 0.3 is 0 Å². The minimum atomic E-state index is -0.144. The van der Waals surface area contributed by atoms with Crippen LogP contribution in [0.5, 0.6) is 0 Å². The maximum Gasteiger partial charge on any atom is 0.254 e. The predicted octanol–water partition coefficient (Wildman–Crippen LogP) is 2.03. The van der Waals surface area contributed by atoms with Gasteiger partial charge in [-0.3, -0.25) is 14.5 Å². The quantitative estimate of drug-likeness (QED) is 0.723. The molecule has 166 valence electrons. The Morgan fingerprint density at radius 1 is 1.13 bits per heavy atom. The van der Waals surface area contributed by atoms with Crippen LogP contribution in [0, 0.1) is 0 Å². The molecule has 2 fully saturated rings. The molecule has 2 aromatic rings. The first kappa shape index (κ1) is 21.6. The van der Waals surface area contributed by atoms with Gasteiger partial charge in [0.1, 0.15) is 6.54 Å². The molecule has 0 atom stereocenters. The fourth-order valence-electron chi connectivity index (χ4n) is 4.70. The minimum absolute atomic E-state index is 0.0131. The van der Waals surface area contributed by atoms with Crippen molar-refractivity contribution < 1.29 is 9.59 Å². The van der Waals surface area contributed by atoms with Gasteiger partial charge in [-0.25, -0.2) is 0 Å². The lowest BCUT2D eigenvalue weighted by atomic mass is 10.0. The van der Waals surface area contributed by atoms with Crippen LogP contribution in [0.2, 0.25) is 0 Å². The van der Waals surface area contributed by atoms with Gasteiger partial charge < -0.3 is 19.7 Å². The molecule has 1 N–H and O–H groups in total. The van der Waals surface area contributed by atoms with Crippen molar-refractivity contribution in [2.45, 2.75) is 18.9 Å². The van der Waals surface area contributed by atoms with Crippen molar-refractivity contribution in [3.8, 4) is 0 Å². The van der Waals surface area contributed by atoms with Crippen molar-refractivity contribution in [2.75, 3.05) is 59.4 Å². The first-order chi connectivity index (χ1) is 15.0. The van der Waals surface area contributed by atoms with E-state index in [-0.39, 0.29) is 18.4 Å². The number of piperidine rings is 1. The number of fused-ring (bicyclic) bond motifs is 1. The second-order valence-corrected chi connectivity index (χ2v) is 8.71. The molecule has 2 amide bonds. The van der Waals surface area contributed by atoms with Crippen LogP contribution in [-0.4, -0.2) is 102 Å². The van der Waals surface area contributed by atoms with Gasteiger partial charge in [0.15, 0.2) is 0 Å². The number of hydrogen-bond donors (Lipinski definition) is 1. The molecule has 2 aliphatic rings. The molecule has 0 spiro atoms. The Morgan fingerprint density at radius 2 is 1.87 bits per heavy atom. The number of carbonyl (C=O) groups excluding carboxylic acids is 2. The molecule has 1 aromatic carbocycles. The summed E-state index contributed by atoms with van der Waals surface area (Å²) < 4.78 is 0. The van der Waals surface area contributed by atoms with E-state index in [9.17, 15) is 9.59 Å². The van der Waals surface area contributed by atoms with Crippen molar-refractivity contribution in [3.05, 3.63) is 48.7 Å². The maximum atomic E-state index is 13.1. The van der Waals surface area contributed by atoms with Gasteiger partial charge in [-0.05, 0) is 56.6 Å². The highest BCUT2D eigenvalue weighted by atomic mass is 16.2. The Hall–Kier alpha value is -2.64. The number of benzene rings is 1. The summed E-state index contributed by atoms with van der Waals surface area (Å²) in [6.07, 6.45) is 5.94. The fraction of sp³-hybridized carbons (Fsp3) is 0.500. The van der Waals surface area contributed by atoms with E-state index in [0.717, 1.165) is 50.2 Å². The average Bonchev–Trinajstić information content (AvgIpc) is 3.27. The number of rotatable bonds is 6. The number of likely N-dealkylation sites (tertiary alicyclic amines) is 1. The number of aromatic nitrogens is 1. The van der Waals surface area contributed by atoms with Crippen LogP contribution in [0.4, 0.5) is 0 Å². The van der Waals surface area contributed by atoms with Crippen LogP contribution < -0.4 is 0 Å². The summed E-state index contributed by atoms with van der Waals surface area (Å²) in [5.74, 6) is -0.131. The summed E-state index contributed by atoms with van der Waals surface area (Å²) in [4.78, 5) is 37.6. The lowest BCUT2D eigenvalue weighted by Crippen LogP contribution is -2.55. The monoisotopic (exact) mass is 423 g/mol. The van der Waals surface area contributed by atoms with Crippen LogP contribution in [-0.2, 0) is 4.79 Å². The van der Waals surface area contributed by atoms with Crippen LogP contribution >= 0.6 is 0 Å². The second-order valence-electron chi connectivity index (χ2n) is 8.71. The summed E-state index contributed by atoms with van der Waals surface area (Å²) in [7, 11) is 2.18. The highest BCUT2D eigenvalue weighted by Crippen LogP contribution is 2.18. The first-order valence-electron chi connectivity index (χ1n) is 11.2. The normalized spacial score (nSPS) is 18.9. The Labute approximate surface area is 184 Å². The third kappa shape index (κ3) is 4.99. The highest BCUT2D eigenvalue weighted by molar-refractivity contribution is 5.99. The lowest BCUT2D eigenvalue weighted by molar-refractivity contribution is -0.134. The number of H-pyrrole nitrogens is 1. The highest BCUT2D eigenvalue weighted by Gasteiger charge is 2.29. The molecule has 7 nitrogen and oxygen atoms in total. The van der Waals surface area contributed by atoms with Crippen LogP contribution in [0.1, 0.15) is 23.2 Å². The lowest BCUT2D eigenvalue weighted by Gasteiger charge is -2.42. The fourth-order valence-corrected chi connectivity index (χ4v) is 4.70. The molecule has 7 heteroatoms. The van der Waals surface area contributed by atoms with Crippen molar-refractivity contribution in [1.82, 2.24) is 24.6 Å². The Balaban J connectivity index is 1.34. The molecular formula is C24H33N5O2. The number of piperazine rings is 1. The van der Waals surface area contributed by atoms with Gasteiger partial charge in [0.25, 0.3) is 5.91 Å². The first-order valence-corrected chi connectivity index (χ1v) is 11.2. The van der Waals surface area contributed by atoms with E-state index in [1.807, 2.05) is 35.4 Å². The number of aromatic amines is 1. The standard InChI is InChI=1S/C24H33N5O2/c1-3-10-29(24(31)20-5-4-19-6-9-25-22(19)17-20)18-23(30)28-15-13-27(14-16-28)21-7-11-26(2)12-8-21/h3-6,9,17,21,25H,1,7-8,10-16,18H2,2H3. The summed E-state index contributed by atoms with van der Waals surface area (Å²) in [5.41, 5.74) is 1.50. The van der Waals surface area contributed by atoms with Gasteiger partial charge in [-0.15, -0.1) is 6.58 Å².